The van der Waals surface area contributed by atoms with Crippen LogP contribution >= 0.6 is 0 Å². The summed E-state index contributed by atoms with van der Waals surface area (Å²) < 4.78 is 29.4. The lowest BCUT2D eigenvalue weighted by Crippen LogP contribution is -2.75. The van der Waals surface area contributed by atoms with Crippen LogP contribution < -0.4 is 0 Å². The highest BCUT2D eigenvalue weighted by molar-refractivity contribution is 5.88. The minimum absolute atomic E-state index is 0.0476. The summed E-state index contributed by atoms with van der Waals surface area (Å²) in [6.07, 6.45) is -6.56. The molecule has 0 aromatic heterocycles. The second kappa shape index (κ2) is 9.87. The van der Waals surface area contributed by atoms with Crippen LogP contribution in [0.25, 0.3) is 0 Å². The summed E-state index contributed by atoms with van der Waals surface area (Å²) in [6, 6.07) is 0. The third-order valence-electron chi connectivity index (χ3n) is 13.8. The fourth-order valence-corrected chi connectivity index (χ4v) is 12.0. The summed E-state index contributed by atoms with van der Waals surface area (Å²) >= 11 is 0. The number of rotatable bonds is 3. The van der Waals surface area contributed by atoms with Crippen LogP contribution in [-0.4, -0.2) is 104 Å². The van der Waals surface area contributed by atoms with E-state index in [1.54, 1.807) is 20.8 Å². The van der Waals surface area contributed by atoms with Crippen LogP contribution in [0.4, 0.5) is 0 Å². The second-order valence-electron chi connectivity index (χ2n) is 16.2. The number of carbonyl (C=O) groups excluding carboxylic acids is 5. The Kier molecular flexibility index (Phi) is 6.90. The third-order valence-corrected chi connectivity index (χ3v) is 13.8. The molecular formula is C34H44O14. The lowest BCUT2D eigenvalue weighted by Gasteiger charge is -2.65. The highest BCUT2D eigenvalue weighted by Crippen LogP contribution is 2.76. The van der Waals surface area contributed by atoms with E-state index in [-0.39, 0.29) is 12.2 Å². The average Bonchev–Trinajstić information content (AvgIpc) is 3.65. The van der Waals surface area contributed by atoms with Crippen LogP contribution in [0.5, 0.6) is 0 Å². The summed E-state index contributed by atoms with van der Waals surface area (Å²) in [5, 5.41) is 48.7. The van der Waals surface area contributed by atoms with Crippen molar-refractivity contribution in [2.24, 2.45) is 51.8 Å². The smallest absolute Gasteiger partial charge is 0.343 e. The molecule has 14 heteroatoms. The molecule has 6 fully saturated rings. The van der Waals surface area contributed by atoms with E-state index in [2.05, 4.69) is 0 Å². The Morgan fingerprint density at radius 1 is 0.833 bits per heavy atom. The number of aliphatic hydroxyl groups is 4. The lowest BCUT2D eigenvalue weighted by molar-refractivity contribution is -0.276. The normalized spacial score (nSPS) is 55.8. The Morgan fingerprint density at radius 3 is 2.00 bits per heavy atom. The molecule has 0 aromatic rings. The zero-order valence-corrected chi connectivity index (χ0v) is 28.2. The summed E-state index contributed by atoms with van der Waals surface area (Å²) in [5.74, 6) is -10.4. The number of aliphatic hydroxyl groups excluding tert-OH is 2. The van der Waals surface area contributed by atoms with Crippen molar-refractivity contribution in [3.8, 4) is 0 Å². The average molecular weight is 677 g/mol. The van der Waals surface area contributed by atoms with Gasteiger partial charge in [-0.3, -0.25) is 19.2 Å². The molecule has 2 aliphatic heterocycles. The largest absolute Gasteiger partial charge is 0.459 e. The molecule has 7 rings (SSSR count). The molecule has 0 amide bonds. The topological polar surface area (TPSA) is 216 Å². The first-order chi connectivity index (χ1) is 22.1. The molecule has 4 saturated carbocycles. The predicted molar refractivity (Wildman–Crippen MR) is 158 cm³/mol. The molecule has 5 aliphatic carbocycles. The summed E-state index contributed by atoms with van der Waals surface area (Å²) in [4.78, 5) is 65.9. The van der Waals surface area contributed by atoms with Crippen molar-refractivity contribution in [3.63, 3.8) is 0 Å². The zero-order chi connectivity index (χ0) is 35.4. The SMILES string of the molecule is CC(=O)OC1C(OC(C)=O)C2(C)C(C(O)C3C2C(C)(O)C=C2OC(=O)C(C)(O)C23C)C2C(O)C(=O)C3CC4OC4C(OC(C)=O)C3(C)C12. The minimum Gasteiger partial charge on any atom is -0.459 e. The number of ketones is 1. The van der Waals surface area contributed by atoms with Gasteiger partial charge < -0.3 is 44.1 Å². The number of fused-ring (bicyclic) bond motifs is 10. The standard InChI is InChI=1S/C34H44O14/c1-11(35)44-25-19-17(22(39)21(38)14-9-15-24(47-15)27(31(14,19)5)45-12(2)36)18-23(40)20-26(32(18,6)28(25)46-13(3)37)30(4,42)10-16-33(20,7)34(8,43)29(41)48-16/h10,14-15,17-20,22-28,39-40,42-43H,9H2,1-8H3. The second-order valence-corrected chi connectivity index (χ2v) is 16.2. The number of hydrogen-bond acceptors (Lipinski definition) is 14. The van der Waals surface area contributed by atoms with Crippen molar-refractivity contribution < 1.29 is 68.1 Å². The van der Waals surface area contributed by atoms with Gasteiger partial charge >= 0.3 is 23.9 Å². The maximum absolute atomic E-state index is 14.4. The zero-order valence-electron chi connectivity index (χ0n) is 28.2. The third kappa shape index (κ3) is 3.83. The van der Waals surface area contributed by atoms with Crippen LogP contribution in [0.15, 0.2) is 11.8 Å². The summed E-state index contributed by atoms with van der Waals surface area (Å²) in [6.45, 7) is 11.2. The van der Waals surface area contributed by atoms with Crippen molar-refractivity contribution in [3.05, 3.63) is 11.8 Å². The van der Waals surface area contributed by atoms with Gasteiger partial charge in [-0.2, -0.15) is 0 Å². The van der Waals surface area contributed by atoms with Gasteiger partial charge in [0.25, 0.3) is 0 Å². The van der Waals surface area contributed by atoms with Gasteiger partial charge in [0.1, 0.15) is 36.3 Å². The number of hydrogen-bond donors (Lipinski definition) is 4. The maximum Gasteiger partial charge on any atom is 0.343 e. The molecular weight excluding hydrogens is 632 g/mol. The summed E-state index contributed by atoms with van der Waals surface area (Å²) in [5.41, 5.74) is -8.62. The van der Waals surface area contributed by atoms with Gasteiger partial charge in [-0.1, -0.05) is 13.8 Å². The van der Waals surface area contributed by atoms with Gasteiger partial charge in [-0.05, 0) is 33.3 Å². The van der Waals surface area contributed by atoms with Gasteiger partial charge in [-0.15, -0.1) is 0 Å². The molecule has 18 atom stereocenters. The van der Waals surface area contributed by atoms with E-state index in [4.69, 9.17) is 23.7 Å². The highest BCUT2D eigenvalue weighted by atomic mass is 16.6. The molecule has 18 unspecified atom stereocenters. The highest BCUT2D eigenvalue weighted by Gasteiger charge is 2.84. The first-order valence-electron chi connectivity index (χ1n) is 16.5. The number of Topliss-reactive ketones (excluding diaryl/α,β-unsaturated/α-hetero) is 1. The fraction of sp³-hybridized carbons (Fsp3) is 0.794. The Labute approximate surface area is 277 Å². The van der Waals surface area contributed by atoms with Crippen LogP contribution in [-0.2, 0) is 47.7 Å². The molecule has 7 aliphatic rings. The van der Waals surface area contributed by atoms with Crippen molar-refractivity contribution in [2.75, 3.05) is 0 Å². The van der Waals surface area contributed by atoms with Gasteiger partial charge in [0.15, 0.2) is 11.4 Å². The minimum atomic E-state index is -2.19. The molecule has 14 nitrogen and oxygen atoms in total. The van der Waals surface area contributed by atoms with E-state index in [0.29, 0.717) is 0 Å². The van der Waals surface area contributed by atoms with E-state index in [9.17, 15) is 44.4 Å². The molecule has 0 bridgehead atoms. The predicted octanol–water partition coefficient (Wildman–Crippen LogP) is -0.0433. The molecule has 0 aromatic carbocycles. The van der Waals surface area contributed by atoms with E-state index >= 15 is 0 Å². The van der Waals surface area contributed by atoms with Gasteiger partial charge in [-0.25, -0.2) is 4.79 Å². The van der Waals surface area contributed by atoms with E-state index in [1.807, 2.05) is 0 Å². The van der Waals surface area contributed by atoms with Crippen LogP contribution in [0.2, 0.25) is 0 Å². The van der Waals surface area contributed by atoms with E-state index < -0.39 is 135 Å². The fourth-order valence-electron chi connectivity index (χ4n) is 12.0. The molecule has 264 valence electrons. The number of carbonyl (C=O) groups is 5. The van der Waals surface area contributed by atoms with E-state index in [1.165, 1.54) is 40.7 Å². The van der Waals surface area contributed by atoms with E-state index in [0.717, 1.165) is 0 Å². The van der Waals surface area contributed by atoms with Crippen molar-refractivity contribution in [2.45, 2.75) is 116 Å². The van der Waals surface area contributed by atoms with Gasteiger partial charge in [0.05, 0.1) is 23.2 Å². The van der Waals surface area contributed by atoms with Crippen molar-refractivity contribution in [1.29, 1.82) is 0 Å². The first kappa shape index (κ1) is 33.6. The summed E-state index contributed by atoms with van der Waals surface area (Å²) in [7, 11) is 0. The Hall–Kier alpha value is -2.91. The number of esters is 4. The molecule has 2 saturated heterocycles. The Morgan fingerprint density at radius 2 is 1.42 bits per heavy atom. The molecule has 0 radical (unpaired) electrons. The van der Waals surface area contributed by atoms with Gasteiger partial charge in [0, 0.05) is 67.1 Å². The first-order valence-corrected chi connectivity index (χ1v) is 16.5. The number of epoxide rings is 1. The molecule has 48 heavy (non-hydrogen) atoms. The van der Waals surface area contributed by atoms with Crippen molar-refractivity contribution in [1.82, 2.24) is 0 Å². The van der Waals surface area contributed by atoms with Crippen molar-refractivity contribution >= 4 is 29.7 Å². The lowest BCUT2D eigenvalue weighted by atomic mass is 9.41. The maximum atomic E-state index is 14.4. The molecule has 4 N–H and O–H groups in total. The van der Waals surface area contributed by atoms with Crippen LogP contribution in [0.1, 0.15) is 61.8 Å². The van der Waals surface area contributed by atoms with Crippen LogP contribution in [0.3, 0.4) is 0 Å². The van der Waals surface area contributed by atoms with Gasteiger partial charge in [0.2, 0.25) is 0 Å². The monoisotopic (exact) mass is 676 g/mol. The Balaban J connectivity index is 1.51. The molecule has 2 heterocycles. The Bertz CT molecular complexity index is 1550. The number of ether oxygens (including phenoxy) is 5. The van der Waals surface area contributed by atoms with Crippen LogP contribution in [0, 0.1) is 51.8 Å². The molecule has 0 spiro atoms. The quantitative estimate of drug-likeness (QED) is 0.175.